The molecule has 1 saturated carbocycles. The van der Waals surface area contributed by atoms with Crippen molar-refractivity contribution in [3.8, 4) is 0 Å². The summed E-state index contributed by atoms with van der Waals surface area (Å²) in [4.78, 5) is 11.8. The van der Waals surface area contributed by atoms with Crippen LogP contribution in [0.1, 0.15) is 44.9 Å². The smallest absolute Gasteiger partial charge is 0.237 e. The minimum atomic E-state index is 0.0835. The largest absolute Gasteiger partial charge is 0.354 e. The summed E-state index contributed by atoms with van der Waals surface area (Å²) < 4.78 is 0. The van der Waals surface area contributed by atoms with E-state index in [1.165, 1.54) is 38.5 Å². The Morgan fingerprint density at radius 3 is 2.53 bits per heavy atom. The van der Waals surface area contributed by atoms with Crippen molar-refractivity contribution in [1.82, 2.24) is 10.6 Å². The molecule has 1 heterocycles. The lowest BCUT2D eigenvalue weighted by atomic mass is 10.0. The van der Waals surface area contributed by atoms with Crippen molar-refractivity contribution in [2.24, 2.45) is 5.92 Å². The minimum absolute atomic E-state index is 0.0835. The molecule has 2 fully saturated rings. The van der Waals surface area contributed by atoms with E-state index < -0.39 is 0 Å². The zero-order valence-electron chi connectivity index (χ0n) is 9.43. The fraction of sp³-hybridized carbons (Fsp3) is 0.917. The van der Waals surface area contributed by atoms with Crippen molar-refractivity contribution in [2.75, 3.05) is 13.1 Å². The Morgan fingerprint density at radius 2 is 1.87 bits per heavy atom. The molecule has 0 bridgehead atoms. The number of rotatable bonds is 3. The van der Waals surface area contributed by atoms with Crippen molar-refractivity contribution in [3.63, 3.8) is 0 Å². The van der Waals surface area contributed by atoms with Gasteiger partial charge in [-0.25, -0.2) is 0 Å². The average molecular weight is 210 g/mol. The second kappa shape index (κ2) is 5.50. The topological polar surface area (TPSA) is 41.1 Å². The van der Waals surface area contributed by atoms with Gasteiger partial charge in [0, 0.05) is 6.54 Å². The molecule has 3 heteroatoms. The predicted molar refractivity (Wildman–Crippen MR) is 60.6 cm³/mol. The zero-order valence-corrected chi connectivity index (χ0v) is 9.43. The van der Waals surface area contributed by atoms with Gasteiger partial charge in [-0.05, 0) is 38.1 Å². The van der Waals surface area contributed by atoms with Gasteiger partial charge in [0.25, 0.3) is 0 Å². The molecule has 0 aromatic heterocycles. The molecule has 86 valence electrons. The van der Waals surface area contributed by atoms with Gasteiger partial charge >= 0.3 is 0 Å². The highest BCUT2D eigenvalue weighted by atomic mass is 16.2. The normalized spacial score (nSPS) is 27.9. The quantitative estimate of drug-likeness (QED) is 0.740. The van der Waals surface area contributed by atoms with E-state index in [-0.39, 0.29) is 11.9 Å². The van der Waals surface area contributed by atoms with E-state index in [0.29, 0.717) is 0 Å². The van der Waals surface area contributed by atoms with E-state index in [2.05, 4.69) is 10.6 Å². The molecular formula is C12H22N2O. The van der Waals surface area contributed by atoms with Crippen LogP contribution in [0.2, 0.25) is 0 Å². The molecule has 1 saturated heterocycles. The van der Waals surface area contributed by atoms with Crippen molar-refractivity contribution < 1.29 is 4.79 Å². The van der Waals surface area contributed by atoms with Gasteiger partial charge in [-0.15, -0.1) is 0 Å². The Balaban J connectivity index is 1.66. The van der Waals surface area contributed by atoms with Crippen LogP contribution in [0, 0.1) is 5.92 Å². The molecule has 2 aliphatic rings. The molecule has 1 aliphatic heterocycles. The molecular weight excluding hydrogens is 188 g/mol. The maximum atomic E-state index is 11.8. The van der Waals surface area contributed by atoms with Crippen molar-refractivity contribution in [2.45, 2.75) is 51.0 Å². The molecule has 0 aromatic rings. The fourth-order valence-electron chi connectivity index (χ4n) is 2.66. The summed E-state index contributed by atoms with van der Waals surface area (Å²) in [6, 6.07) is 0.0835. The summed E-state index contributed by atoms with van der Waals surface area (Å²) in [5.41, 5.74) is 0. The highest BCUT2D eigenvalue weighted by Gasteiger charge is 2.22. The molecule has 0 spiro atoms. The molecule has 0 unspecified atom stereocenters. The van der Waals surface area contributed by atoms with Gasteiger partial charge < -0.3 is 10.6 Å². The summed E-state index contributed by atoms with van der Waals surface area (Å²) in [6.07, 6.45) is 8.72. The highest BCUT2D eigenvalue weighted by Crippen LogP contribution is 2.23. The number of carbonyl (C=O) groups excluding carboxylic acids is 1. The first kappa shape index (κ1) is 10.9. The lowest BCUT2D eigenvalue weighted by Gasteiger charge is -2.23. The first-order chi connectivity index (χ1) is 7.36. The maximum absolute atomic E-state index is 11.8. The van der Waals surface area contributed by atoms with Crippen LogP contribution < -0.4 is 10.6 Å². The van der Waals surface area contributed by atoms with Gasteiger partial charge in [0.2, 0.25) is 5.91 Å². The van der Waals surface area contributed by atoms with Crippen LogP contribution in [-0.2, 0) is 4.79 Å². The average Bonchev–Trinajstić information content (AvgIpc) is 2.80. The molecule has 2 N–H and O–H groups in total. The number of piperidine rings is 1. The third-order valence-corrected chi connectivity index (χ3v) is 3.67. The van der Waals surface area contributed by atoms with Crippen molar-refractivity contribution in [3.05, 3.63) is 0 Å². The van der Waals surface area contributed by atoms with E-state index >= 15 is 0 Å². The summed E-state index contributed by atoms with van der Waals surface area (Å²) in [7, 11) is 0. The molecule has 1 amide bonds. The van der Waals surface area contributed by atoms with Gasteiger partial charge in [-0.2, -0.15) is 0 Å². The second-order valence-electron chi connectivity index (χ2n) is 4.90. The molecule has 1 atom stereocenters. The minimum Gasteiger partial charge on any atom is -0.354 e. The van der Waals surface area contributed by atoms with Gasteiger partial charge in [-0.1, -0.05) is 19.3 Å². The molecule has 2 rings (SSSR count). The number of hydrogen-bond acceptors (Lipinski definition) is 2. The molecule has 15 heavy (non-hydrogen) atoms. The zero-order chi connectivity index (χ0) is 10.5. The van der Waals surface area contributed by atoms with Crippen LogP contribution in [0.15, 0.2) is 0 Å². The summed E-state index contributed by atoms with van der Waals surface area (Å²) >= 11 is 0. The Labute approximate surface area is 92.0 Å². The molecule has 0 radical (unpaired) electrons. The number of nitrogens with one attached hydrogen (secondary N) is 2. The van der Waals surface area contributed by atoms with E-state index in [1.54, 1.807) is 0 Å². The molecule has 1 aliphatic carbocycles. The monoisotopic (exact) mass is 210 g/mol. The van der Waals surface area contributed by atoms with Gasteiger partial charge in [0.15, 0.2) is 0 Å². The van der Waals surface area contributed by atoms with Gasteiger partial charge in [0.1, 0.15) is 0 Å². The van der Waals surface area contributed by atoms with E-state index in [4.69, 9.17) is 0 Å². The van der Waals surface area contributed by atoms with E-state index in [0.717, 1.165) is 25.4 Å². The third-order valence-electron chi connectivity index (χ3n) is 3.67. The Bertz CT molecular complexity index is 206. The van der Waals surface area contributed by atoms with Crippen molar-refractivity contribution in [1.29, 1.82) is 0 Å². The third kappa shape index (κ3) is 3.20. The summed E-state index contributed by atoms with van der Waals surface area (Å²) in [5.74, 6) is 0.971. The lowest BCUT2D eigenvalue weighted by Crippen LogP contribution is -2.47. The predicted octanol–water partition coefficient (Wildman–Crippen LogP) is 1.43. The van der Waals surface area contributed by atoms with E-state index in [9.17, 15) is 4.79 Å². The highest BCUT2D eigenvalue weighted by molar-refractivity contribution is 5.81. The van der Waals surface area contributed by atoms with Gasteiger partial charge in [-0.3, -0.25) is 4.79 Å². The molecule has 3 nitrogen and oxygen atoms in total. The first-order valence-corrected chi connectivity index (χ1v) is 6.37. The number of hydrogen-bond donors (Lipinski definition) is 2. The maximum Gasteiger partial charge on any atom is 0.237 e. The molecule has 0 aromatic carbocycles. The van der Waals surface area contributed by atoms with Gasteiger partial charge in [0.05, 0.1) is 6.04 Å². The lowest BCUT2D eigenvalue weighted by molar-refractivity contribution is -0.123. The van der Waals surface area contributed by atoms with Crippen LogP contribution in [-0.4, -0.2) is 25.0 Å². The van der Waals surface area contributed by atoms with E-state index in [1.807, 2.05) is 0 Å². The number of amides is 1. The Hall–Kier alpha value is -0.570. The van der Waals surface area contributed by atoms with Crippen LogP contribution in [0.25, 0.3) is 0 Å². The van der Waals surface area contributed by atoms with Crippen LogP contribution in [0.4, 0.5) is 0 Å². The van der Waals surface area contributed by atoms with Crippen LogP contribution in [0.3, 0.4) is 0 Å². The van der Waals surface area contributed by atoms with Crippen LogP contribution in [0.5, 0.6) is 0 Å². The van der Waals surface area contributed by atoms with Crippen LogP contribution >= 0.6 is 0 Å². The SMILES string of the molecule is O=C(NCC1CCCC1)[C@H]1CCCCN1. The Morgan fingerprint density at radius 1 is 1.13 bits per heavy atom. The summed E-state index contributed by atoms with van der Waals surface area (Å²) in [6.45, 7) is 1.90. The number of carbonyl (C=O) groups is 1. The second-order valence-corrected chi connectivity index (χ2v) is 4.90. The van der Waals surface area contributed by atoms with Crippen molar-refractivity contribution >= 4 is 5.91 Å². The first-order valence-electron chi connectivity index (χ1n) is 6.37. The summed E-state index contributed by atoms with van der Waals surface area (Å²) in [5, 5.41) is 6.38. The fourth-order valence-corrected chi connectivity index (χ4v) is 2.66. The Kier molecular flexibility index (Phi) is 4.01. The standard InChI is InChI=1S/C12H22N2O/c15-12(11-7-3-4-8-13-11)14-9-10-5-1-2-6-10/h10-11,13H,1-9H2,(H,14,15)/t11-/m1/s1.